The molecule has 2 atom stereocenters. The van der Waals surface area contributed by atoms with Crippen LogP contribution in [-0.2, 0) is 14.3 Å². The van der Waals surface area contributed by atoms with Gasteiger partial charge in [-0.3, -0.25) is 4.79 Å². The van der Waals surface area contributed by atoms with Crippen molar-refractivity contribution in [3.05, 3.63) is 36.5 Å². The molecule has 0 spiro atoms. The maximum absolute atomic E-state index is 11.2. The van der Waals surface area contributed by atoms with Gasteiger partial charge in [0.25, 0.3) is 0 Å². The number of carbonyl (C=O) groups excluding carboxylic acids is 1. The SMILES string of the molecule is C=C[C@@](C)(O)C[C@@H](C=C(C)CC=CC(C)(C)OCC)OC(C)=O. The summed E-state index contributed by atoms with van der Waals surface area (Å²) in [7, 11) is 0. The normalized spacial score (nSPS) is 16.9. The molecule has 4 heteroatoms. The van der Waals surface area contributed by atoms with Crippen LogP contribution in [0.2, 0.25) is 0 Å². The molecule has 0 radical (unpaired) electrons. The van der Waals surface area contributed by atoms with Crippen LogP contribution < -0.4 is 0 Å². The third-order valence-corrected chi connectivity index (χ3v) is 3.32. The Bertz CT molecular complexity index is 444. The molecule has 0 aromatic carbocycles. The first-order valence-electron chi connectivity index (χ1n) is 8.03. The average molecular weight is 324 g/mol. The zero-order valence-corrected chi connectivity index (χ0v) is 15.4. The van der Waals surface area contributed by atoms with E-state index in [0.717, 1.165) is 12.0 Å². The van der Waals surface area contributed by atoms with Crippen molar-refractivity contribution in [3.8, 4) is 0 Å². The number of carbonyl (C=O) groups is 1. The molecule has 0 saturated carbocycles. The Hall–Kier alpha value is -1.39. The molecule has 0 aromatic heterocycles. The Morgan fingerprint density at radius 3 is 2.39 bits per heavy atom. The van der Waals surface area contributed by atoms with Gasteiger partial charge in [-0.1, -0.05) is 23.8 Å². The van der Waals surface area contributed by atoms with Crippen molar-refractivity contribution in [2.45, 2.75) is 71.7 Å². The summed E-state index contributed by atoms with van der Waals surface area (Å²) in [5.74, 6) is -0.369. The first-order valence-corrected chi connectivity index (χ1v) is 8.03. The van der Waals surface area contributed by atoms with Crippen molar-refractivity contribution in [2.24, 2.45) is 0 Å². The Kier molecular flexibility index (Phi) is 9.10. The van der Waals surface area contributed by atoms with Crippen LogP contribution >= 0.6 is 0 Å². The molecule has 0 bridgehead atoms. The lowest BCUT2D eigenvalue weighted by atomic mass is 9.97. The van der Waals surface area contributed by atoms with Crippen molar-refractivity contribution < 1.29 is 19.4 Å². The average Bonchev–Trinajstić information content (AvgIpc) is 2.36. The molecule has 0 fully saturated rings. The Morgan fingerprint density at radius 1 is 1.30 bits per heavy atom. The topological polar surface area (TPSA) is 55.8 Å². The lowest BCUT2D eigenvalue weighted by Gasteiger charge is -2.24. The van der Waals surface area contributed by atoms with Crippen LogP contribution in [0.5, 0.6) is 0 Å². The van der Waals surface area contributed by atoms with Crippen LogP contribution in [-0.4, -0.2) is 35.0 Å². The minimum Gasteiger partial charge on any atom is -0.458 e. The van der Waals surface area contributed by atoms with Crippen LogP contribution in [0.3, 0.4) is 0 Å². The molecule has 0 unspecified atom stereocenters. The number of rotatable bonds is 10. The van der Waals surface area contributed by atoms with E-state index >= 15 is 0 Å². The summed E-state index contributed by atoms with van der Waals surface area (Å²) < 4.78 is 10.9. The molecule has 1 N–H and O–H groups in total. The molecule has 0 aliphatic rings. The van der Waals surface area contributed by atoms with E-state index < -0.39 is 11.7 Å². The molecule has 0 aliphatic carbocycles. The zero-order valence-electron chi connectivity index (χ0n) is 15.4. The van der Waals surface area contributed by atoms with Crippen LogP contribution in [0.25, 0.3) is 0 Å². The Labute approximate surface area is 140 Å². The minimum atomic E-state index is -1.08. The summed E-state index contributed by atoms with van der Waals surface area (Å²) in [6.07, 6.45) is 7.92. The summed E-state index contributed by atoms with van der Waals surface area (Å²) in [6.45, 7) is 15.2. The van der Waals surface area contributed by atoms with E-state index in [1.807, 2.05) is 45.9 Å². The highest BCUT2D eigenvalue weighted by Crippen LogP contribution is 2.19. The molecule has 132 valence electrons. The van der Waals surface area contributed by atoms with Crippen molar-refractivity contribution >= 4 is 5.97 Å². The predicted molar refractivity (Wildman–Crippen MR) is 94.2 cm³/mol. The molecule has 0 saturated heterocycles. The molecular weight excluding hydrogens is 292 g/mol. The summed E-state index contributed by atoms with van der Waals surface area (Å²) in [5, 5.41) is 10.1. The first-order chi connectivity index (χ1) is 10.5. The van der Waals surface area contributed by atoms with Crippen LogP contribution in [0, 0.1) is 0 Å². The van der Waals surface area contributed by atoms with Gasteiger partial charge in [0.15, 0.2) is 0 Å². The largest absolute Gasteiger partial charge is 0.458 e. The highest BCUT2D eigenvalue weighted by atomic mass is 16.5. The van der Waals surface area contributed by atoms with E-state index in [1.54, 1.807) is 6.92 Å². The smallest absolute Gasteiger partial charge is 0.303 e. The van der Waals surface area contributed by atoms with Crippen molar-refractivity contribution in [1.29, 1.82) is 0 Å². The molecule has 0 amide bonds. The van der Waals surface area contributed by atoms with Gasteiger partial charge < -0.3 is 14.6 Å². The summed E-state index contributed by atoms with van der Waals surface area (Å²) >= 11 is 0. The third-order valence-electron chi connectivity index (χ3n) is 3.32. The van der Waals surface area contributed by atoms with E-state index in [9.17, 15) is 9.90 Å². The quantitative estimate of drug-likeness (QED) is 0.488. The summed E-state index contributed by atoms with van der Waals surface area (Å²) in [4.78, 5) is 11.2. The fourth-order valence-corrected chi connectivity index (χ4v) is 2.17. The number of hydrogen-bond acceptors (Lipinski definition) is 4. The van der Waals surface area contributed by atoms with Gasteiger partial charge in [-0.25, -0.2) is 0 Å². The van der Waals surface area contributed by atoms with Gasteiger partial charge in [-0.05, 0) is 47.1 Å². The second-order valence-electron chi connectivity index (χ2n) is 6.57. The number of hydrogen-bond donors (Lipinski definition) is 1. The fourth-order valence-electron chi connectivity index (χ4n) is 2.17. The van der Waals surface area contributed by atoms with Crippen molar-refractivity contribution in [3.63, 3.8) is 0 Å². The fraction of sp³-hybridized carbons (Fsp3) is 0.632. The summed E-state index contributed by atoms with van der Waals surface area (Å²) in [5.41, 5.74) is -0.319. The maximum Gasteiger partial charge on any atom is 0.303 e. The van der Waals surface area contributed by atoms with Gasteiger partial charge in [-0.2, -0.15) is 0 Å². The number of aliphatic hydroxyl groups is 1. The summed E-state index contributed by atoms with van der Waals surface area (Å²) in [6, 6.07) is 0. The molecule has 0 aromatic rings. The molecule has 0 rings (SSSR count). The maximum atomic E-state index is 11.2. The highest BCUT2D eigenvalue weighted by Gasteiger charge is 2.23. The standard InChI is InChI=1S/C19H32O4/c1-8-19(7,21)14-17(23-16(4)20)13-15(3)11-10-12-18(5,6)22-9-2/h8,10,12-13,17,21H,1,9,11,14H2,2-7H3/t17-,19-/m1/s1. The van der Waals surface area contributed by atoms with Gasteiger partial charge in [0.05, 0.1) is 11.2 Å². The van der Waals surface area contributed by atoms with Crippen molar-refractivity contribution in [2.75, 3.05) is 6.61 Å². The molecule has 4 nitrogen and oxygen atoms in total. The van der Waals surface area contributed by atoms with Crippen LogP contribution in [0.4, 0.5) is 0 Å². The molecule has 23 heavy (non-hydrogen) atoms. The Balaban J connectivity index is 4.86. The van der Waals surface area contributed by atoms with E-state index in [-0.39, 0.29) is 18.0 Å². The predicted octanol–water partition coefficient (Wildman–Crippen LogP) is 3.95. The first kappa shape index (κ1) is 21.6. The molecule has 0 heterocycles. The third kappa shape index (κ3) is 10.9. The molecule has 0 aliphatic heterocycles. The van der Waals surface area contributed by atoms with Crippen LogP contribution in [0.1, 0.15) is 54.4 Å². The number of ether oxygens (including phenoxy) is 2. The monoisotopic (exact) mass is 324 g/mol. The number of esters is 1. The minimum absolute atomic E-state index is 0.279. The van der Waals surface area contributed by atoms with Crippen molar-refractivity contribution in [1.82, 2.24) is 0 Å². The number of allylic oxidation sites excluding steroid dienone is 2. The lowest BCUT2D eigenvalue weighted by Crippen LogP contribution is -2.29. The van der Waals surface area contributed by atoms with Gasteiger partial charge >= 0.3 is 5.97 Å². The van der Waals surface area contributed by atoms with E-state index in [0.29, 0.717) is 6.61 Å². The highest BCUT2D eigenvalue weighted by molar-refractivity contribution is 5.66. The van der Waals surface area contributed by atoms with Gasteiger partial charge in [0, 0.05) is 20.0 Å². The second kappa shape index (κ2) is 9.68. The van der Waals surface area contributed by atoms with Crippen LogP contribution in [0.15, 0.2) is 36.5 Å². The molecular formula is C19H32O4. The second-order valence-corrected chi connectivity index (χ2v) is 6.57. The van der Waals surface area contributed by atoms with E-state index in [1.165, 1.54) is 13.0 Å². The Morgan fingerprint density at radius 2 is 1.91 bits per heavy atom. The zero-order chi connectivity index (χ0) is 18.1. The van der Waals surface area contributed by atoms with Gasteiger partial charge in [0.2, 0.25) is 0 Å². The van der Waals surface area contributed by atoms with Gasteiger partial charge in [0.1, 0.15) is 6.10 Å². The van der Waals surface area contributed by atoms with Gasteiger partial charge in [-0.15, -0.1) is 6.58 Å². The lowest BCUT2D eigenvalue weighted by molar-refractivity contribution is -0.145. The van der Waals surface area contributed by atoms with E-state index in [2.05, 4.69) is 6.58 Å². The van der Waals surface area contributed by atoms with E-state index in [4.69, 9.17) is 9.47 Å².